The molecule has 4 heteroatoms. The van der Waals surface area contributed by atoms with Gasteiger partial charge in [-0.2, -0.15) is 0 Å². The minimum Gasteiger partial charge on any atom is -0.490 e. The van der Waals surface area contributed by atoms with Gasteiger partial charge in [-0.3, -0.25) is 0 Å². The number of fused-ring (bicyclic) bond motifs is 1. The molecule has 0 bridgehead atoms. The molecule has 0 saturated carbocycles. The first kappa shape index (κ1) is 13.8. The molecule has 0 amide bonds. The fourth-order valence-electron chi connectivity index (χ4n) is 2.30. The molecule has 0 radical (unpaired) electrons. The maximum absolute atomic E-state index is 9.15. The maximum Gasteiger partial charge on any atom is 0.161 e. The lowest BCUT2D eigenvalue weighted by atomic mass is 10.1. The van der Waals surface area contributed by atoms with Gasteiger partial charge in [0.15, 0.2) is 11.5 Å². The second-order valence-electron chi connectivity index (χ2n) is 5.04. The van der Waals surface area contributed by atoms with Crippen molar-refractivity contribution in [1.82, 2.24) is 0 Å². The third-order valence-corrected chi connectivity index (χ3v) is 3.42. The molecule has 110 valence electrons. The molecule has 2 aromatic rings. The highest BCUT2D eigenvalue weighted by Crippen LogP contribution is 2.30. The molecular weight excluding hydrogens is 266 g/mol. The van der Waals surface area contributed by atoms with Crippen molar-refractivity contribution >= 4 is 5.69 Å². The number of hydrogen-bond acceptors (Lipinski definition) is 4. The Hall–Kier alpha value is -2.20. The number of aliphatic hydroxyl groups is 1. The van der Waals surface area contributed by atoms with Gasteiger partial charge in [0.05, 0.1) is 19.8 Å². The summed E-state index contributed by atoms with van der Waals surface area (Å²) in [4.78, 5) is 0. The van der Waals surface area contributed by atoms with E-state index in [1.165, 1.54) is 0 Å². The molecular formula is C17H19NO3. The number of hydrogen-bond donors (Lipinski definition) is 2. The van der Waals surface area contributed by atoms with E-state index in [0.29, 0.717) is 19.8 Å². The Labute approximate surface area is 124 Å². The molecule has 4 nitrogen and oxygen atoms in total. The summed E-state index contributed by atoms with van der Waals surface area (Å²) in [7, 11) is 0. The molecule has 1 aliphatic heterocycles. The average molecular weight is 285 g/mol. The molecule has 1 aliphatic rings. The number of aliphatic hydroxyl groups excluding tert-OH is 1. The van der Waals surface area contributed by atoms with Crippen molar-refractivity contribution in [3.63, 3.8) is 0 Å². The van der Waals surface area contributed by atoms with Gasteiger partial charge in [-0.1, -0.05) is 18.2 Å². The summed E-state index contributed by atoms with van der Waals surface area (Å²) in [6, 6.07) is 13.8. The largest absolute Gasteiger partial charge is 0.490 e. The van der Waals surface area contributed by atoms with Crippen molar-refractivity contribution in [3.8, 4) is 11.5 Å². The second kappa shape index (κ2) is 6.50. The highest BCUT2D eigenvalue weighted by Gasteiger charge is 2.10. The summed E-state index contributed by atoms with van der Waals surface area (Å²) in [5, 5.41) is 12.5. The standard InChI is InChI=1S/C17H19NO3/c19-12-14-3-1-4-15(9-14)18-11-13-5-6-16-17(10-13)21-8-2-7-20-16/h1,3-6,9-10,18-19H,2,7-8,11-12H2. The predicted molar refractivity (Wildman–Crippen MR) is 81.7 cm³/mol. The monoisotopic (exact) mass is 285 g/mol. The van der Waals surface area contributed by atoms with Crippen LogP contribution in [0.15, 0.2) is 42.5 Å². The Morgan fingerprint density at radius 2 is 1.81 bits per heavy atom. The molecule has 0 fully saturated rings. The first-order chi connectivity index (χ1) is 10.3. The van der Waals surface area contributed by atoms with E-state index < -0.39 is 0 Å². The maximum atomic E-state index is 9.15. The number of rotatable bonds is 4. The third kappa shape index (κ3) is 3.47. The number of anilines is 1. The van der Waals surface area contributed by atoms with E-state index in [0.717, 1.165) is 34.7 Å². The highest BCUT2D eigenvalue weighted by molar-refractivity contribution is 5.48. The van der Waals surface area contributed by atoms with E-state index in [1.54, 1.807) is 0 Å². The number of nitrogens with one attached hydrogen (secondary N) is 1. The van der Waals surface area contributed by atoms with E-state index in [-0.39, 0.29) is 6.61 Å². The van der Waals surface area contributed by atoms with Crippen LogP contribution in [0.1, 0.15) is 17.5 Å². The molecule has 0 atom stereocenters. The van der Waals surface area contributed by atoms with Crippen LogP contribution < -0.4 is 14.8 Å². The fourth-order valence-corrected chi connectivity index (χ4v) is 2.30. The highest BCUT2D eigenvalue weighted by atomic mass is 16.5. The molecule has 0 aromatic heterocycles. The summed E-state index contributed by atoms with van der Waals surface area (Å²) < 4.78 is 11.3. The van der Waals surface area contributed by atoms with Gasteiger partial charge in [-0.25, -0.2) is 0 Å². The van der Waals surface area contributed by atoms with E-state index >= 15 is 0 Å². The lowest BCUT2D eigenvalue weighted by Gasteiger charge is -2.11. The van der Waals surface area contributed by atoms with Crippen LogP contribution in [0, 0.1) is 0 Å². The molecule has 1 heterocycles. The Balaban J connectivity index is 1.69. The van der Waals surface area contributed by atoms with Crippen LogP contribution >= 0.6 is 0 Å². The van der Waals surface area contributed by atoms with E-state index in [4.69, 9.17) is 14.6 Å². The van der Waals surface area contributed by atoms with E-state index in [9.17, 15) is 0 Å². The van der Waals surface area contributed by atoms with Crippen molar-refractivity contribution in [1.29, 1.82) is 0 Å². The second-order valence-corrected chi connectivity index (χ2v) is 5.04. The Morgan fingerprint density at radius 1 is 0.952 bits per heavy atom. The lowest BCUT2D eigenvalue weighted by molar-refractivity contribution is 0.282. The topological polar surface area (TPSA) is 50.7 Å². The Kier molecular flexibility index (Phi) is 4.26. The Morgan fingerprint density at radius 3 is 2.67 bits per heavy atom. The molecule has 0 unspecified atom stereocenters. The first-order valence-electron chi connectivity index (χ1n) is 7.17. The van der Waals surface area contributed by atoms with Crippen LogP contribution in [0.4, 0.5) is 5.69 Å². The molecule has 2 aromatic carbocycles. The minimum absolute atomic E-state index is 0.0551. The van der Waals surface area contributed by atoms with Crippen molar-refractivity contribution < 1.29 is 14.6 Å². The summed E-state index contributed by atoms with van der Waals surface area (Å²) in [6.07, 6.45) is 0.913. The number of ether oxygens (including phenoxy) is 2. The molecule has 2 N–H and O–H groups in total. The summed E-state index contributed by atoms with van der Waals surface area (Å²) in [5.41, 5.74) is 3.03. The Bertz CT molecular complexity index is 613. The summed E-state index contributed by atoms with van der Waals surface area (Å²) in [5.74, 6) is 1.63. The van der Waals surface area contributed by atoms with Gasteiger partial charge in [0, 0.05) is 18.7 Å². The van der Waals surface area contributed by atoms with Gasteiger partial charge in [0.25, 0.3) is 0 Å². The molecule has 3 rings (SSSR count). The smallest absolute Gasteiger partial charge is 0.161 e. The van der Waals surface area contributed by atoms with Crippen LogP contribution in [0.3, 0.4) is 0 Å². The van der Waals surface area contributed by atoms with Crippen LogP contribution in [-0.2, 0) is 13.2 Å². The van der Waals surface area contributed by atoms with Crippen molar-refractivity contribution in [2.75, 3.05) is 18.5 Å². The minimum atomic E-state index is 0.0551. The van der Waals surface area contributed by atoms with Crippen LogP contribution in [0.5, 0.6) is 11.5 Å². The zero-order chi connectivity index (χ0) is 14.5. The lowest BCUT2D eigenvalue weighted by Crippen LogP contribution is -2.01. The normalized spacial score (nSPS) is 13.6. The van der Waals surface area contributed by atoms with Gasteiger partial charge >= 0.3 is 0 Å². The van der Waals surface area contributed by atoms with Gasteiger partial charge in [-0.15, -0.1) is 0 Å². The van der Waals surface area contributed by atoms with Crippen LogP contribution in [0.25, 0.3) is 0 Å². The predicted octanol–water partition coefficient (Wildman–Crippen LogP) is 2.95. The molecule has 0 spiro atoms. The van der Waals surface area contributed by atoms with Crippen molar-refractivity contribution in [2.24, 2.45) is 0 Å². The van der Waals surface area contributed by atoms with Crippen molar-refractivity contribution in [3.05, 3.63) is 53.6 Å². The summed E-state index contributed by atoms with van der Waals surface area (Å²) >= 11 is 0. The van der Waals surface area contributed by atoms with E-state index in [1.807, 2.05) is 42.5 Å². The molecule has 0 aliphatic carbocycles. The molecule has 21 heavy (non-hydrogen) atoms. The average Bonchev–Trinajstić information content (AvgIpc) is 2.78. The van der Waals surface area contributed by atoms with Crippen LogP contribution in [0.2, 0.25) is 0 Å². The zero-order valence-corrected chi connectivity index (χ0v) is 11.8. The zero-order valence-electron chi connectivity index (χ0n) is 11.8. The van der Waals surface area contributed by atoms with Gasteiger partial charge in [0.2, 0.25) is 0 Å². The van der Waals surface area contributed by atoms with E-state index in [2.05, 4.69) is 5.32 Å². The number of benzene rings is 2. The molecule has 0 saturated heterocycles. The quantitative estimate of drug-likeness (QED) is 0.907. The van der Waals surface area contributed by atoms with Gasteiger partial charge in [0.1, 0.15) is 0 Å². The van der Waals surface area contributed by atoms with Crippen LogP contribution in [-0.4, -0.2) is 18.3 Å². The summed E-state index contributed by atoms with van der Waals surface area (Å²) in [6.45, 7) is 2.16. The third-order valence-electron chi connectivity index (χ3n) is 3.42. The van der Waals surface area contributed by atoms with Gasteiger partial charge in [-0.05, 0) is 35.4 Å². The fraction of sp³-hybridized carbons (Fsp3) is 0.294. The SMILES string of the molecule is OCc1cccc(NCc2ccc3c(c2)OCCCO3)c1. The van der Waals surface area contributed by atoms with Gasteiger partial charge < -0.3 is 19.9 Å². The van der Waals surface area contributed by atoms with Crippen molar-refractivity contribution in [2.45, 2.75) is 19.6 Å². The first-order valence-corrected chi connectivity index (χ1v) is 7.17.